The smallest absolute Gasteiger partial charge is 0.407 e. The van der Waals surface area contributed by atoms with Gasteiger partial charge in [-0.2, -0.15) is 8.78 Å². The van der Waals surface area contributed by atoms with E-state index in [9.17, 15) is 8.78 Å². The standard InChI is InChI=1S/C8H7Br2F2NO/c9-4-8(11,12)14-7-2-1-5(10)3-6(7)13/h1-3H,4,13H2. The SMILES string of the molecule is Nc1cc(Br)ccc1OC(F)(F)CBr. The molecule has 0 fully saturated rings. The Kier molecular flexibility index (Phi) is 3.71. The Hall–Kier alpha value is -0.360. The number of anilines is 1. The maximum absolute atomic E-state index is 12.8. The topological polar surface area (TPSA) is 35.2 Å². The summed E-state index contributed by atoms with van der Waals surface area (Å²) in [6, 6.07) is 4.46. The van der Waals surface area contributed by atoms with Crippen molar-refractivity contribution in [3.8, 4) is 5.75 Å². The molecule has 0 amide bonds. The third kappa shape index (κ3) is 3.09. The number of halogens is 4. The summed E-state index contributed by atoms with van der Waals surface area (Å²) in [5.41, 5.74) is 5.65. The summed E-state index contributed by atoms with van der Waals surface area (Å²) in [6.45, 7) is 0. The van der Waals surface area contributed by atoms with Crippen LogP contribution in [0, 0.1) is 0 Å². The number of hydrogen-bond donors (Lipinski definition) is 1. The molecule has 6 heteroatoms. The molecule has 78 valence electrons. The van der Waals surface area contributed by atoms with Gasteiger partial charge in [-0.05, 0) is 18.2 Å². The van der Waals surface area contributed by atoms with E-state index in [2.05, 4.69) is 36.6 Å². The summed E-state index contributed by atoms with van der Waals surface area (Å²) in [5.74, 6) is -0.0300. The van der Waals surface area contributed by atoms with Gasteiger partial charge in [0.05, 0.1) is 5.69 Å². The molecule has 2 nitrogen and oxygen atoms in total. The lowest BCUT2D eigenvalue weighted by Crippen LogP contribution is -2.26. The molecule has 1 rings (SSSR count). The van der Waals surface area contributed by atoms with E-state index in [1.54, 1.807) is 6.07 Å². The normalized spacial score (nSPS) is 11.4. The van der Waals surface area contributed by atoms with Crippen LogP contribution in [0.4, 0.5) is 14.5 Å². The maximum Gasteiger partial charge on any atom is 0.407 e. The molecule has 0 spiro atoms. The number of nitrogen functional groups attached to an aromatic ring is 1. The van der Waals surface area contributed by atoms with Crippen molar-refractivity contribution >= 4 is 37.5 Å². The molecule has 0 heterocycles. The average molecular weight is 331 g/mol. The van der Waals surface area contributed by atoms with Gasteiger partial charge in [0.25, 0.3) is 0 Å². The molecule has 14 heavy (non-hydrogen) atoms. The van der Waals surface area contributed by atoms with E-state index in [-0.39, 0.29) is 11.4 Å². The van der Waals surface area contributed by atoms with Crippen LogP contribution in [0.3, 0.4) is 0 Å². The maximum atomic E-state index is 12.8. The number of alkyl halides is 3. The third-order valence-electron chi connectivity index (χ3n) is 1.39. The minimum Gasteiger partial charge on any atom is -0.430 e. The van der Waals surface area contributed by atoms with Crippen molar-refractivity contribution in [1.82, 2.24) is 0 Å². The lowest BCUT2D eigenvalue weighted by atomic mass is 10.3. The van der Waals surface area contributed by atoms with Crippen LogP contribution in [-0.4, -0.2) is 11.4 Å². The van der Waals surface area contributed by atoms with Crippen molar-refractivity contribution in [3.05, 3.63) is 22.7 Å². The Bertz CT molecular complexity index is 333. The average Bonchev–Trinajstić information content (AvgIpc) is 2.10. The van der Waals surface area contributed by atoms with Crippen LogP contribution >= 0.6 is 31.9 Å². The number of rotatable bonds is 3. The Morgan fingerprint density at radius 1 is 1.43 bits per heavy atom. The van der Waals surface area contributed by atoms with Crippen LogP contribution in [0.2, 0.25) is 0 Å². The van der Waals surface area contributed by atoms with E-state index in [0.29, 0.717) is 4.47 Å². The largest absolute Gasteiger partial charge is 0.430 e. The fraction of sp³-hybridized carbons (Fsp3) is 0.250. The highest BCUT2D eigenvalue weighted by molar-refractivity contribution is 9.10. The molecule has 0 aromatic heterocycles. The lowest BCUT2D eigenvalue weighted by Gasteiger charge is -2.16. The van der Waals surface area contributed by atoms with Crippen molar-refractivity contribution in [2.45, 2.75) is 6.11 Å². The summed E-state index contributed by atoms with van der Waals surface area (Å²) in [6.07, 6.45) is -3.25. The molecular formula is C8H7Br2F2NO. The van der Waals surface area contributed by atoms with Crippen LogP contribution < -0.4 is 10.5 Å². The third-order valence-corrected chi connectivity index (χ3v) is 2.53. The molecule has 0 atom stereocenters. The molecule has 0 unspecified atom stereocenters. The molecular weight excluding hydrogens is 324 g/mol. The Balaban J connectivity index is 2.87. The van der Waals surface area contributed by atoms with Gasteiger partial charge in [0.2, 0.25) is 0 Å². The van der Waals surface area contributed by atoms with Crippen molar-refractivity contribution in [1.29, 1.82) is 0 Å². The number of nitrogens with two attached hydrogens (primary N) is 1. The molecule has 1 aromatic rings. The van der Waals surface area contributed by atoms with Gasteiger partial charge >= 0.3 is 6.11 Å². The number of hydrogen-bond acceptors (Lipinski definition) is 2. The first-order chi connectivity index (χ1) is 6.44. The highest BCUT2D eigenvalue weighted by Crippen LogP contribution is 2.30. The van der Waals surface area contributed by atoms with Crippen molar-refractivity contribution in [3.63, 3.8) is 0 Å². The van der Waals surface area contributed by atoms with Gasteiger partial charge < -0.3 is 10.5 Å². The molecule has 0 bridgehead atoms. The predicted octanol–water partition coefficient (Wildman–Crippen LogP) is 3.40. The van der Waals surface area contributed by atoms with Gasteiger partial charge in [-0.15, -0.1) is 0 Å². The fourth-order valence-corrected chi connectivity index (χ4v) is 1.29. The van der Waals surface area contributed by atoms with Gasteiger partial charge in [-0.3, -0.25) is 0 Å². The van der Waals surface area contributed by atoms with Crippen LogP contribution in [0.1, 0.15) is 0 Å². The van der Waals surface area contributed by atoms with Gasteiger partial charge in [-0.25, -0.2) is 0 Å². The second-order valence-corrected chi connectivity index (χ2v) is 4.03. The molecule has 0 aliphatic heterocycles. The molecule has 2 N–H and O–H groups in total. The summed E-state index contributed by atoms with van der Waals surface area (Å²) < 4.78 is 30.7. The summed E-state index contributed by atoms with van der Waals surface area (Å²) in [4.78, 5) is 0. The highest BCUT2D eigenvalue weighted by Gasteiger charge is 2.30. The predicted molar refractivity (Wildman–Crippen MR) is 57.9 cm³/mol. The van der Waals surface area contributed by atoms with Gasteiger partial charge in [-0.1, -0.05) is 31.9 Å². The quantitative estimate of drug-likeness (QED) is 0.681. The van der Waals surface area contributed by atoms with E-state index >= 15 is 0 Å². The first-order valence-electron chi connectivity index (χ1n) is 3.62. The second kappa shape index (κ2) is 4.44. The molecule has 0 saturated heterocycles. The first kappa shape index (κ1) is 11.7. The Morgan fingerprint density at radius 2 is 2.07 bits per heavy atom. The molecule has 1 aromatic carbocycles. The molecule has 0 aliphatic carbocycles. The Labute approximate surface area is 96.7 Å². The highest BCUT2D eigenvalue weighted by atomic mass is 79.9. The fourth-order valence-electron chi connectivity index (χ4n) is 0.800. The van der Waals surface area contributed by atoms with Crippen LogP contribution in [0.25, 0.3) is 0 Å². The second-order valence-electron chi connectivity index (χ2n) is 2.56. The van der Waals surface area contributed by atoms with Crippen molar-refractivity contribution in [2.75, 3.05) is 11.1 Å². The van der Waals surface area contributed by atoms with Gasteiger partial charge in [0, 0.05) is 4.47 Å². The molecule has 0 radical (unpaired) electrons. The molecule has 0 saturated carbocycles. The van der Waals surface area contributed by atoms with Crippen molar-refractivity contribution < 1.29 is 13.5 Å². The van der Waals surface area contributed by atoms with E-state index in [1.165, 1.54) is 12.1 Å². The van der Waals surface area contributed by atoms with Crippen LogP contribution in [0.15, 0.2) is 22.7 Å². The van der Waals surface area contributed by atoms with E-state index in [0.717, 1.165) is 0 Å². The van der Waals surface area contributed by atoms with E-state index < -0.39 is 11.4 Å². The summed E-state index contributed by atoms with van der Waals surface area (Å²) in [5, 5.41) is -0.574. The number of ether oxygens (including phenoxy) is 1. The minimum absolute atomic E-state index is 0.0300. The van der Waals surface area contributed by atoms with E-state index in [4.69, 9.17) is 5.73 Å². The lowest BCUT2D eigenvalue weighted by molar-refractivity contribution is -0.153. The summed E-state index contributed by atoms with van der Waals surface area (Å²) in [7, 11) is 0. The monoisotopic (exact) mass is 329 g/mol. The van der Waals surface area contributed by atoms with Crippen LogP contribution in [0.5, 0.6) is 5.75 Å². The van der Waals surface area contributed by atoms with E-state index in [1.807, 2.05) is 0 Å². The molecule has 0 aliphatic rings. The van der Waals surface area contributed by atoms with Crippen LogP contribution in [-0.2, 0) is 0 Å². The zero-order valence-electron chi connectivity index (χ0n) is 6.94. The van der Waals surface area contributed by atoms with Gasteiger partial charge in [0.1, 0.15) is 11.1 Å². The minimum atomic E-state index is -3.25. The Morgan fingerprint density at radius 3 is 2.57 bits per heavy atom. The first-order valence-corrected chi connectivity index (χ1v) is 5.54. The summed E-state index contributed by atoms with van der Waals surface area (Å²) >= 11 is 5.80. The van der Waals surface area contributed by atoms with Gasteiger partial charge in [0.15, 0.2) is 0 Å². The zero-order chi connectivity index (χ0) is 10.8. The number of benzene rings is 1. The van der Waals surface area contributed by atoms with Crippen molar-refractivity contribution in [2.24, 2.45) is 0 Å². The zero-order valence-corrected chi connectivity index (χ0v) is 10.1.